The molecule has 3 aromatic heterocycles. The Balaban J connectivity index is 1.66. The molecular weight excluding hydrogens is 319 g/mol. The van der Waals surface area contributed by atoms with Gasteiger partial charge in [0.15, 0.2) is 0 Å². The molecule has 0 fully saturated rings. The van der Waals surface area contributed by atoms with Gasteiger partial charge in [0.05, 0.1) is 5.69 Å². The second-order valence-electron chi connectivity index (χ2n) is 6.01. The van der Waals surface area contributed by atoms with Gasteiger partial charge < -0.3 is 4.74 Å². The van der Waals surface area contributed by atoms with Crippen molar-refractivity contribution >= 4 is 0 Å². The minimum absolute atomic E-state index is 0.175. The lowest BCUT2D eigenvalue weighted by Gasteiger charge is -2.20. The van der Waals surface area contributed by atoms with Gasteiger partial charge in [0.25, 0.3) is 0 Å². The molecule has 25 heavy (non-hydrogen) atoms. The van der Waals surface area contributed by atoms with Crippen LogP contribution in [0.5, 0.6) is 5.88 Å². The number of hydrogen-bond acceptors (Lipinski definition) is 5. The fourth-order valence-corrected chi connectivity index (χ4v) is 3.13. The van der Waals surface area contributed by atoms with E-state index in [1.165, 1.54) is 18.0 Å². The van der Waals surface area contributed by atoms with Gasteiger partial charge in [-0.3, -0.25) is 0 Å². The number of rotatable bonds is 4. The molecule has 5 nitrogen and oxygen atoms in total. The van der Waals surface area contributed by atoms with Gasteiger partial charge in [-0.15, -0.1) is 0 Å². The average molecular weight is 336 g/mol. The molecule has 6 heteroatoms. The molecular formula is C19H17FN4O. The van der Waals surface area contributed by atoms with E-state index >= 15 is 0 Å². The second kappa shape index (κ2) is 6.93. The summed E-state index contributed by atoms with van der Waals surface area (Å²) in [7, 11) is 0. The summed E-state index contributed by atoms with van der Waals surface area (Å²) < 4.78 is 19.0. The molecule has 0 saturated heterocycles. The van der Waals surface area contributed by atoms with Crippen LogP contribution in [0.15, 0.2) is 43.0 Å². The zero-order valence-electron chi connectivity index (χ0n) is 13.7. The van der Waals surface area contributed by atoms with Crippen LogP contribution in [0.4, 0.5) is 4.39 Å². The van der Waals surface area contributed by atoms with E-state index in [-0.39, 0.29) is 6.61 Å². The maximum atomic E-state index is 13.2. The molecule has 0 bridgehead atoms. The first-order valence-electron chi connectivity index (χ1n) is 8.32. The Morgan fingerprint density at radius 2 is 1.88 bits per heavy atom. The molecule has 1 aliphatic carbocycles. The van der Waals surface area contributed by atoms with Crippen LogP contribution in [0.25, 0.3) is 11.1 Å². The minimum Gasteiger partial charge on any atom is -0.471 e. The highest BCUT2D eigenvalue weighted by Gasteiger charge is 2.18. The normalized spacial score (nSPS) is 13.3. The van der Waals surface area contributed by atoms with Crippen molar-refractivity contribution < 1.29 is 9.13 Å². The summed E-state index contributed by atoms with van der Waals surface area (Å²) in [6.45, 7) is 0.175. The van der Waals surface area contributed by atoms with Crippen molar-refractivity contribution in [2.75, 3.05) is 0 Å². The summed E-state index contributed by atoms with van der Waals surface area (Å²) in [6, 6.07) is 6.58. The van der Waals surface area contributed by atoms with Crippen LogP contribution in [0.2, 0.25) is 0 Å². The first-order valence-corrected chi connectivity index (χ1v) is 8.32. The number of nitrogens with zero attached hydrogens (tertiary/aromatic N) is 4. The molecule has 3 aromatic rings. The highest BCUT2D eigenvalue weighted by atomic mass is 19.1. The van der Waals surface area contributed by atoms with Gasteiger partial charge in [-0.25, -0.2) is 19.9 Å². The van der Waals surface area contributed by atoms with Crippen LogP contribution in [0, 0.1) is 5.95 Å². The summed E-state index contributed by atoms with van der Waals surface area (Å²) in [5, 5.41) is 0. The predicted octanol–water partition coefficient (Wildman–Crippen LogP) is 3.53. The van der Waals surface area contributed by atoms with E-state index in [1.807, 2.05) is 6.07 Å². The Labute approximate surface area is 145 Å². The summed E-state index contributed by atoms with van der Waals surface area (Å²) >= 11 is 0. The number of fused-ring (bicyclic) bond motifs is 1. The van der Waals surface area contributed by atoms with E-state index in [0.717, 1.165) is 42.5 Å². The second-order valence-corrected chi connectivity index (χ2v) is 6.01. The zero-order chi connectivity index (χ0) is 17.1. The van der Waals surface area contributed by atoms with E-state index in [9.17, 15) is 4.39 Å². The van der Waals surface area contributed by atoms with Crippen LogP contribution in [-0.2, 0) is 19.4 Å². The summed E-state index contributed by atoms with van der Waals surface area (Å²) in [4.78, 5) is 16.7. The van der Waals surface area contributed by atoms with Crippen molar-refractivity contribution in [3.05, 3.63) is 65.9 Å². The molecule has 0 aliphatic heterocycles. The number of aryl methyl sites for hydroxylation is 1. The standard InChI is InChI=1S/C19H17FN4O/c20-18-7-3-4-14(23-18)11-25-19-8-16(13-9-21-12-22-10-13)15-5-1-2-6-17(15)24-19/h3-4,7-10,12H,1-2,5-6,11H2. The van der Waals surface area contributed by atoms with E-state index in [4.69, 9.17) is 4.74 Å². The molecule has 0 unspecified atom stereocenters. The third-order valence-electron chi connectivity index (χ3n) is 4.29. The lowest BCUT2D eigenvalue weighted by atomic mass is 9.90. The van der Waals surface area contributed by atoms with Gasteiger partial charge in [0, 0.05) is 29.7 Å². The van der Waals surface area contributed by atoms with Gasteiger partial charge in [0.1, 0.15) is 12.9 Å². The SMILES string of the molecule is Fc1cccc(COc2cc(-c3cncnc3)c3c(n2)CCCC3)n1. The van der Waals surface area contributed by atoms with Crippen LogP contribution in [-0.4, -0.2) is 19.9 Å². The molecule has 0 atom stereocenters. The molecule has 4 rings (SSSR count). The van der Waals surface area contributed by atoms with E-state index < -0.39 is 5.95 Å². The fourth-order valence-electron chi connectivity index (χ4n) is 3.13. The number of pyridine rings is 2. The third kappa shape index (κ3) is 3.47. The van der Waals surface area contributed by atoms with Crippen molar-refractivity contribution in [2.45, 2.75) is 32.3 Å². The quantitative estimate of drug-likeness (QED) is 0.682. The van der Waals surface area contributed by atoms with Gasteiger partial charge in [-0.2, -0.15) is 4.39 Å². The first-order chi connectivity index (χ1) is 12.3. The number of halogens is 1. The smallest absolute Gasteiger partial charge is 0.214 e. The number of ether oxygens (including phenoxy) is 1. The maximum Gasteiger partial charge on any atom is 0.214 e. The minimum atomic E-state index is -0.512. The fraction of sp³-hybridized carbons (Fsp3) is 0.263. The zero-order valence-corrected chi connectivity index (χ0v) is 13.7. The first kappa shape index (κ1) is 15.6. The lowest BCUT2D eigenvalue weighted by Crippen LogP contribution is -2.09. The van der Waals surface area contributed by atoms with E-state index in [0.29, 0.717) is 11.6 Å². The Kier molecular flexibility index (Phi) is 4.33. The Morgan fingerprint density at radius 3 is 2.72 bits per heavy atom. The maximum absolute atomic E-state index is 13.2. The Morgan fingerprint density at radius 1 is 1.04 bits per heavy atom. The highest BCUT2D eigenvalue weighted by Crippen LogP contribution is 2.33. The van der Waals surface area contributed by atoms with Crippen LogP contribution in [0.1, 0.15) is 29.8 Å². The van der Waals surface area contributed by atoms with Crippen LogP contribution >= 0.6 is 0 Å². The average Bonchev–Trinajstić information content (AvgIpc) is 2.66. The van der Waals surface area contributed by atoms with Crippen LogP contribution in [0.3, 0.4) is 0 Å². The highest BCUT2D eigenvalue weighted by molar-refractivity contribution is 5.68. The summed E-state index contributed by atoms with van der Waals surface area (Å²) in [5.41, 5.74) is 4.86. The van der Waals surface area contributed by atoms with Crippen molar-refractivity contribution in [2.24, 2.45) is 0 Å². The molecule has 1 aliphatic rings. The molecule has 0 saturated carbocycles. The molecule has 0 radical (unpaired) electrons. The van der Waals surface area contributed by atoms with Gasteiger partial charge in [0.2, 0.25) is 11.8 Å². The van der Waals surface area contributed by atoms with E-state index in [2.05, 4.69) is 19.9 Å². The Bertz CT molecular complexity index is 886. The number of aromatic nitrogens is 4. The van der Waals surface area contributed by atoms with Gasteiger partial charge in [-0.05, 0) is 48.9 Å². The Hall–Kier alpha value is -2.89. The van der Waals surface area contributed by atoms with Crippen molar-refractivity contribution in [3.8, 4) is 17.0 Å². The predicted molar refractivity (Wildman–Crippen MR) is 90.4 cm³/mol. The summed E-state index contributed by atoms with van der Waals surface area (Å²) in [6.07, 6.45) is 9.33. The molecule has 0 amide bonds. The number of hydrogen-bond donors (Lipinski definition) is 0. The van der Waals surface area contributed by atoms with Crippen molar-refractivity contribution in [3.63, 3.8) is 0 Å². The van der Waals surface area contributed by atoms with Gasteiger partial charge in [-0.1, -0.05) is 6.07 Å². The van der Waals surface area contributed by atoms with Gasteiger partial charge >= 0.3 is 0 Å². The molecule has 0 aromatic carbocycles. The van der Waals surface area contributed by atoms with Crippen molar-refractivity contribution in [1.29, 1.82) is 0 Å². The molecule has 0 N–H and O–H groups in total. The van der Waals surface area contributed by atoms with Crippen molar-refractivity contribution in [1.82, 2.24) is 19.9 Å². The molecule has 3 heterocycles. The van der Waals surface area contributed by atoms with Crippen LogP contribution < -0.4 is 4.74 Å². The monoisotopic (exact) mass is 336 g/mol. The molecule has 126 valence electrons. The lowest BCUT2D eigenvalue weighted by molar-refractivity contribution is 0.286. The molecule has 0 spiro atoms. The third-order valence-corrected chi connectivity index (χ3v) is 4.29. The summed E-state index contributed by atoms with van der Waals surface area (Å²) in [5.74, 6) is 0.00666. The topological polar surface area (TPSA) is 60.8 Å². The van der Waals surface area contributed by atoms with E-state index in [1.54, 1.807) is 24.5 Å². The largest absolute Gasteiger partial charge is 0.471 e.